The summed E-state index contributed by atoms with van der Waals surface area (Å²) in [5, 5.41) is 9.06. The number of hydrogen-bond donors (Lipinski definition) is 1. The van der Waals surface area contributed by atoms with Crippen molar-refractivity contribution >= 4 is 10.0 Å². The standard InChI is InChI=1S/C16H13F3N4O2S/c1-23-15(16(17,18)19)13(14(22-23)11-6-8-21-9-7-11)10-2-4-12(5-3-10)26(20,24)25/h2-9H,1H3,(H2,20,24,25). The molecule has 2 aromatic heterocycles. The number of nitrogens with zero attached hydrogens (tertiary/aromatic N) is 3. The second-order valence-corrected chi connectivity index (χ2v) is 7.06. The van der Waals surface area contributed by atoms with Crippen molar-refractivity contribution in [3.05, 3.63) is 54.5 Å². The summed E-state index contributed by atoms with van der Waals surface area (Å²) in [6.07, 6.45) is -1.75. The van der Waals surface area contributed by atoms with Crippen LogP contribution in [0.2, 0.25) is 0 Å². The number of aryl methyl sites for hydroxylation is 1. The molecule has 0 fully saturated rings. The molecule has 10 heteroatoms. The normalized spacial score (nSPS) is 12.3. The average Bonchev–Trinajstić information content (AvgIpc) is 2.92. The van der Waals surface area contributed by atoms with Gasteiger partial charge in [0.15, 0.2) is 5.69 Å². The van der Waals surface area contributed by atoms with Crippen LogP contribution in [0.5, 0.6) is 0 Å². The lowest BCUT2D eigenvalue weighted by Crippen LogP contribution is -2.13. The quantitative estimate of drug-likeness (QED) is 0.754. The fraction of sp³-hybridized carbons (Fsp3) is 0.125. The molecule has 136 valence electrons. The summed E-state index contributed by atoms with van der Waals surface area (Å²) >= 11 is 0. The molecule has 0 saturated heterocycles. The molecule has 26 heavy (non-hydrogen) atoms. The second kappa shape index (κ2) is 6.22. The van der Waals surface area contributed by atoms with E-state index in [9.17, 15) is 21.6 Å². The number of pyridine rings is 1. The number of hydrogen-bond acceptors (Lipinski definition) is 4. The minimum Gasteiger partial charge on any atom is -0.265 e. The van der Waals surface area contributed by atoms with E-state index in [1.807, 2.05) is 0 Å². The van der Waals surface area contributed by atoms with Gasteiger partial charge in [0.25, 0.3) is 0 Å². The van der Waals surface area contributed by atoms with Gasteiger partial charge in [-0.05, 0) is 29.8 Å². The molecule has 0 saturated carbocycles. The highest BCUT2D eigenvalue weighted by atomic mass is 32.2. The van der Waals surface area contributed by atoms with Crippen molar-refractivity contribution < 1.29 is 21.6 Å². The van der Waals surface area contributed by atoms with Crippen molar-refractivity contribution in [2.24, 2.45) is 12.2 Å². The van der Waals surface area contributed by atoms with Gasteiger partial charge in [-0.1, -0.05) is 12.1 Å². The van der Waals surface area contributed by atoms with Gasteiger partial charge < -0.3 is 0 Å². The lowest BCUT2D eigenvalue weighted by Gasteiger charge is -2.11. The minimum atomic E-state index is -4.65. The van der Waals surface area contributed by atoms with E-state index in [1.54, 1.807) is 12.1 Å². The highest BCUT2D eigenvalue weighted by Crippen LogP contribution is 2.42. The molecule has 0 unspecified atom stereocenters. The van der Waals surface area contributed by atoms with Crippen LogP contribution < -0.4 is 5.14 Å². The third-order valence-corrected chi connectivity index (χ3v) is 4.67. The van der Waals surface area contributed by atoms with Gasteiger partial charge in [0.1, 0.15) is 5.69 Å². The Labute approximate surface area is 147 Å². The predicted octanol–water partition coefficient (Wildman–Crippen LogP) is 2.82. The van der Waals surface area contributed by atoms with Crippen LogP contribution in [-0.2, 0) is 23.2 Å². The summed E-state index contributed by atoms with van der Waals surface area (Å²) in [5.41, 5.74) is -0.341. The topological polar surface area (TPSA) is 90.9 Å². The van der Waals surface area contributed by atoms with Gasteiger partial charge in [-0.3, -0.25) is 9.67 Å². The zero-order valence-corrected chi connectivity index (χ0v) is 14.2. The first-order chi connectivity index (χ1) is 12.1. The first-order valence-electron chi connectivity index (χ1n) is 7.27. The maximum Gasteiger partial charge on any atom is 0.433 e. The van der Waals surface area contributed by atoms with Crippen molar-refractivity contribution in [3.8, 4) is 22.4 Å². The molecule has 0 amide bonds. The summed E-state index contributed by atoms with van der Waals surface area (Å²) in [6.45, 7) is 0. The lowest BCUT2D eigenvalue weighted by molar-refractivity contribution is -0.143. The number of alkyl halides is 3. The number of rotatable bonds is 3. The van der Waals surface area contributed by atoms with Gasteiger partial charge >= 0.3 is 6.18 Å². The molecule has 2 N–H and O–H groups in total. The monoisotopic (exact) mass is 382 g/mol. The molecule has 0 bridgehead atoms. The van der Waals surface area contributed by atoms with Crippen molar-refractivity contribution in [2.75, 3.05) is 0 Å². The Morgan fingerprint density at radius 1 is 1.00 bits per heavy atom. The molecule has 3 aromatic rings. The van der Waals surface area contributed by atoms with Crippen LogP contribution in [0, 0.1) is 0 Å². The van der Waals surface area contributed by atoms with E-state index < -0.39 is 21.9 Å². The molecule has 0 aliphatic carbocycles. The van der Waals surface area contributed by atoms with Gasteiger partial charge in [-0.25, -0.2) is 13.6 Å². The molecular formula is C16H13F3N4O2S. The van der Waals surface area contributed by atoms with Crippen LogP contribution in [0.15, 0.2) is 53.7 Å². The maximum absolute atomic E-state index is 13.6. The minimum absolute atomic E-state index is 0.116. The number of nitrogens with two attached hydrogens (primary N) is 1. The molecule has 0 radical (unpaired) electrons. The van der Waals surface area contributed by atoms with Crippen molar-refractivity contribution in [1.82, 2.24) is 14.8 Å². The van der Waals surface area contributed by atoms with E-state index in [0.717, 1.165) is 16.8 Å². The van der Waals surface area contributed by atoms with Crippen molar-refractivity contribution in [3.63, 3.8) is 0 Å². The average molecular weight is 382 g/mol. The first kappa shape index (κ1) is 18.1. The Hall–Kier alpha value is -2.72. The van der Waals surface area contributed by atoms with Gasteiger partial charge in [-0.2, -0.15) is 18.3 Å². The molecule has 0 aliphatic rings. The van der Waals surface area contributed by atoms with E-state index in [1.165, 1.54) is 31.6 Å². The highest BCUT2D eigenvalue weighted by Gasteiger charge is 2.39. The van der Waals surface area contributed by atoms with Gasteiger partial charge in [0.05, 0.1) is 4.90 Å². The van der Waals surface area contributed by atoms with Crippen molar-refractivity contribution in [1.29, 1.82) is 0 Å². The molecule has 0 atom stereocenters. The lowest BCUT2D eigenvalue weighted by atomic mass is 9.99. The van der Waals surface area contributed by atoms with Gasteiger partial charge in [0.2, 0.25) is 10.0 Å². The van der Waals surface area contributed by atoms with Crippen LogP contribution in [0.25, 0.3) is 22.4 Å². The number of aromatic nitrogens is 3. The maximum atomic E-state index is 13.6. The third kappa shape index (κ3) is 3.33. The highest BCUT2D eigenvalue weighted by molar-refractivity contribution is 7.89. The first-order valence-corrected chi connectivity index (χ1v) is 8.81. The molecule has 0 spiro atoms. The van der Waals surface area contributed by atoms with E-state index in [2.05, 4.69) is 10.1 Å². The number of halogens is 3. The van der Waals surface area contributed by atoms with E-state index in [0.29, 0.717) is 5.56 Å². The second-order valence-electron chi connectivity index (χ2n) is 5.50. The van der Waals surface area contributed by atoms with E-state index in [-0.39, 0.29) is 21.7 Å². The Morgan fingerprint density at radius 2 is 1.58 bits per heavy atom. The smallest absolute Gasteiger partial charge is 0.265 e. The zero-order chi connectivity index (χ0) is 19.1. The van der Waals surface area contributed by atoms with Crippen LogP contribution in [0.3, 0.4) is 0 Å². The van der Waals surface area contributed by atoms with Crippen LogP contribution in [0.1, 0.15) is 5.69 Å². The summed E-state index contributed by atoms with van der Waals surface area (Å²) in [5.74, 6) is 0. The Kier molecular flexibility index (Phi) is 4.32. The van der Waals surface area contributed by atoms with Crippen LogP contribution in [-0.4, -0.2) is 23.2 Å². The number of sulfonamides is 1. The zero-order valence-electron chi connectivity index (χ0n) is 13.4. The molecule has 1 aromatic carbocycles. The van der Waals surface area contributed by atoms with Gasteiger partial charge in [-0.15, -0.1) is 0 Å². The molecular weight excluding hydrogens is 369 g/mol. The largest absolute Gasteiger partial charge is 0.433 e. The Morgan fingerprint density at radius 3 is 2.08 bits per heavy atom. The predicted molar refractivity (Wildman–Crippen MR) is 88.3 cm³/mol. The number of primary sulfonamides is 1. The van der Waals surface area contributed by atoms with Crippen molar-refractivity contribution in [2.45, 2.75) is 11.1 Å². The fourth-order valence-corrected chi connectivity index (χ4v) is 3.16. The Bertz CT molecular complexity index is 1040. The molecule has 2 heterocycles. The summed E-state index contributed by atoms with van der Waals surface area (Å²) in [7, 11) is -2.74. The fourth-order valence-electron chi connectivity index (χ4n) is 2.65. The van der Waals surface area contributed by atoms with Gasteiger partial charge in [0, 0.05) is 30.6 Å². The molecule has 0 aliphatic heterocycles. The summed E-state index contributed by atoms with van der Waals surface area (Å²) in [4.78, 5) is 3.66. The van der Waals surface area contributed by atoms with E-state index in [4.69, 9.17) is 5.14 Å². The Balaban J connectivity index is 2.28. The van der Waals surface area contributed by atoms with Crippen LogP contribution >= 0.6 is 0 Å². The number of benzene rings is 1. The molecule has 6 nitrogen and oxygen atoms in total. The summed E-state index contributed by atoms with van der Waals surface area (Å²) < 4.78 is 64.3. The molecule has 3 rings (SSSR count). The SMILES string of the molecule is Cn1nc(-c2ccncc2)c(-c2ccc(S(N)(=O)=O)cc2)c1C(F)(F)F. The summed E-state index contributed by atoms with van der Waals surface area (Å²) in [6, 6.07) is 7.96. The van der Waals surface area contributed by atoms with Crippen LogP contribution in [0.4, 0.5) is 13.2 Å². The third-order valence-electron chi connectivity index (χ3n) is 3.74. The van der Waals surface area contributed by atoms with E-state index >= 15 is 0 Å².